The van der Waals surface area contributed by atoms with Crippen LogP contribution in [0.4, 0.5) is 0 Å². The van der Waals surface area contributed by atoms with Crippen molar-refractivity contribution in [2.75, 3.05) is 21.3 Å². The fourth-order valence-corrected chi connectivity index (χ4v) is 5.89. The number of ketones is 1. The summed E-state index contributed by atoms with van der Waals surface area (Å²) in [5.41, 5.74) is 1.71. The summed E-state index contributed by atoms with van der Waals surface area (Å²) < 4.78 is 33.3. The molecule has 0 saturated heterocycles. The fraction of sp³-hybridized carbons (Fsp3) is 0.361. The Bertz CT molecular complexity index is 1710. The Morgan fingerprint density at radius 1 is 0.894 bits per heavy atom. The highest BCUT2D eigenvalue weighted by Gasteiger charge is 2.37. The zero-order valence-electron chi connectivity index (χ0n) is 26.7. The van der Waals surface area contributed by atoms with Crippen molar-refractivity contribution < 1.29 is 52.1 Å². The minimum absolute atomic E-state index is 0.111. The molecule has 0 bridgehead atoms. The van der Waals surface area contributed by atoms with E-state index in [2.05, 4.69) is 0 Å². The number of allylic oxidation sites excluding steroid dienone is 1. The number of methoxy groups -OCH3 is 3. The van der Waals surface area contributed by atoms with E-state index in [1.165, 1.54) is 39.5 Å². The summed E-state index contributed by atoms with van der Waals surface area (Å²) in [4.78, 5) is 63.6. The number of rotatable bonds is 5. The summed E-state index contributed by atoms with van der Waals surface area (Å²) in [5.74, 6) is -1.87. The predicted molar refractivity (Wildman–Crippen MR) is 169 cm³/mol. The van der Waals surface area contributed by atoms with Crippen LogP contribution in [0, 0.1) is 0 Å². The number of hydrogen-bond acceptors (Lipinski definition) is 11. The molecular weight excluding hydrogens is 608 g/mol. The van der Waals surface area contributed by atoms with Gasteiger partial charge in [-0.3, -0.25) is 9.59 Å². The first-order valence-corrected chi connectivity index (χ1v) is 15.4. The van der Waals surface area contributed by atoms with E-state index in [9.17, 15) is 24.0 Å². The van der Waals surface area contributed by atoms with Crippen LogP contribution in [0.2, 0.25) is 0 Å². The molecule has 0 aliphatic carbocycles. The molecule has 2 aliphatic rings. The van der Waals surface area contributed by atoms with Gasteiger partial charge in [0.2, 0.25) is 0 Å². The SMILES string of the molecule is COC(=O)c1cc(C(=O)OC)cc(-c2ccc(C3CC(=O)Oc4cc5c(c(OC)c43)C(=O)OC(C)CCCC(=O)CCCC=C5)o2)c1. The number of carbonyl (C=O) groups is 5. The van der Waals surface area contributed by atoms with Crippen molar-refractivity contribution in [3.8, 4) is 22.8 Å². The van der Waals surface area contributed by atoms with Gasteiger partial charge in [0.25, 0.3) is 0 Å². The number of cyclic esters (lactones) is 1. The van der Waals surface area contributed by atoms with Gasteiger partial charge in [0, 0.05) is 24.0 Å². The molecular formula is C36H36O11. The molecule has 0 fully saturated rings. The Balaban J connectivity index is 1.60. The molecule has 3 heterocycles. The van der Waals surface area contributed by atoms with Crippen molar-refractivity contribution in [3.05, 3.63) is 76.1 Å². The minimum Gasteiger partial charge on any atom is -0.495 e. The molecule has 2 aliphatic heterocycles. The first kappa shape index (κ1) is 33.2. The lowest BCUT2D eigenvalue weighted by Gasteiger charge is -2.27. The highest BCUT2D eigenvalue weighted by atomic mass is 16.6. The second-order valence-corrected chi connectivity index (χ2v) is 11.4. The van der Waals surface area contributed by atoms with Crippen LogP contribution >= 0.6 is 0 Å². The Hall–Kier alpha value is -5.19. The molecule has 11 nitrogen and oxygen atoms in total. The zero-order valence-corrected chi connectivity index (χ0v) is 26.7. The van der Waals surface area contributed by atoms with E-state index in [4.69, 9.17) is 28.1 Å². The van der Waals surface area contributed by atoms with E-state index < -0.39 is 35.9 Å². The van der Waals surface area contributed by atoms with Gasteiger partial charge in [0.15, 0.2) is 0 Å². The summed E-state index contributed by atoms with van der Waals surface area (Å²) in [6.45, 7) is 1.78. The van der Waals surface area contributed by atoms with Crippen LogP contribution in [0.3, 0.4) is 0 Å². The second-order valence-electron chi connectivity index (χ2n) is 11.4. The summed E-state index contributed by atoms with van der Waals surface area (Å²) in [6, 6.07) is 9.35. The second kappa shape index (κ2) is 14.5. The van der Waals surface area contributed by atoms with E-state index >= 15 is 0 Å². The van der Waals surface area contributed by atoms with Gasteiger partial charge >= 0.3 is 23.9 Å². The van der Waals surface area contributed by atoms with Crippen LogP contribution in [-0.4, -0.2) is 57.1 Å². The van der Waals surface area contributed by atoms with Crippen LogP contribution in [0.1, 0.15) is 106 Å². The summed E-state index contributed by atoms with van der Waals surface area (Å²) in [6.07, 6.45) is 6.39. The van der Waals surface area contributed by atoms with Crippen LogP contribution in [0.25, 0.3) is 17.4 Å². The maximum absolute atomic E-state index is 13.7. The van der Waals surface area contributed by atoms with Crippen molar-refractivity contribution in [2.45, 2.75) is 63.9 Å². The van der Waals surface area contributed by atoms with Gasteiger partial charge in [-0.15, -0.1) is 0 Å². The smallest absolute Gasteiger partial charge is 0.342 e. The molecule has 47 heavy (non-hydrogen) atoms. The molecule has 11 heteroatoms. The number of furan rings is 1. The van der Waals surface area contributed by atoms with Gasteiger partial charge in [0.05, 0.1) is 50.9 Å². The number of benzene rings is 2. The number of carbonyl (C=O) groups excluding carboxylic acids is 5. The van der Waals surface area contributed by atoms with Crippen molar-refractivity contribution in [1.82, 2.24) is 0 Å². The zero-order chi connectivity index (χ0) is 33.7. The molecule has 1 aromatic heterocycles. The average Bonchev–Trinajstić information content (AvgIpc) is 3.56. The molecule has 2 atom stereocenters. The van der Waals surface area contributed by atoms with Crippen LogP contribution in [-0.2, 0) is 23.8 Å². The van der Waals surface area contributed by atoms with Gasteiger partial charge in [-0.25, -0.2) is 14.4 Å². The summed E-state index contributed by atoms with van der Waals surface area (Å²) >= 11 is 0. The van der Waals surface area contributed by atoms with Crippen LogP contribution in [0.15, 0.2) is 46.9 Å². The van der Waals surface area contributed by atoms with E-state index in [1.54, 1.807) is 31.2 Å². The molecule has 5 rings (SSSR count). The van der Waals surface area contributed by atoms with Crippen molar-refractivity contribution in [2.24, 2.45) is 0 Å². The Morgan fingerprint density at radius 3 is 2.28 bits per heavy atom. The van der Waals surface area contributed by atoms with E-state index in [1.807, 2.05) is 6.08 Å². The third-order valence-corrected chi connectivity index (χ3v) is 8.19. The largest absolute Gasteiger partial charge is 0.495 e. The van der Waals surface area contributed by atoms with E-state index in [-0.39, 0.29) is 40.4 Å². The Kier molecular flexibility index (Phi) is 10.2. The predicted octanol–water partition coefficient (Wildman–Crippen LogP) is 6.45. The molecule has 2 aromatic carbocycles. The molecule has 246 valence electrons. The molecule has 0 radical (unpaired) electrons. The molecule has 0 amide bonds. The monoisotopic (exact) mass is 644 g/mol. The standard InChI is InChI=1S/C36H36O11/c1-20-9-8-12-25(37)11-7-5-6-10-21-18-29-32(33(42-2)31(21)36(41)45-20)26(19-30(38)47-29)28-14-13-27(46-28)22-15-23(34(39)43-3)17-24(16-22)35(40)44-4/h6,10,13-18,20,26H,5,7-9,11-12,19H2,1-4H3. The van der Waals surface area contributed by atoms with Gasteiger partial charge in [-0.1, -0.05) is 12.2 Å². The highest BCUT2D eigenvalue weighted by molar-refractivity contribution is 5.99. The van der Waals surface area contributed by atoms with Gasteiger partial charge in [-0.2, -0.15) is 0 Å². The van der Waals surface area contributed by atoms with Crippen molar-refractivity contribution in [1.29, 1.82) is 0 Å². The lowest BCUT2D eigenvalue weighted by Crippen LogP contribution is -2.24. The maximum atomic E-state index is 13.7. The lowest BCUT2D eigenvalue weighted by atomic mass is 9.86. The maximum Gasteiger partial charge on any atom is 0.342 e. The van der Waals surface area contributed by atoms with Gasteiger partial charge in [0.1, 0.15) is 34.4 Å². The Morgan fingerprint density at radius 2 is 1.60 bits per heavy atom. The molecule has 3 aromatic rings. The Labute approximate surface area is 271 Å². The van der Waals surface area contributed by atoms with Gasteiger partial charge < -0.3 is 28.1 Å². The van der Waals surface area contributed by atoms with Crippen molar-refractivity contribution in [3.63, 3.8) is 0 Å². The fourth-order valence-electron chi connectivity index (χ4n) is 5.89. The minimum atomic E-state index is -0.711. The third kappa shape index (κ3) is 7.29. The molecule has 0 saturated carbocycles. The highest BCUT2D eigenvalue weighted by Crippen LogP contribution is 2.48. The molecule has 0 spiro atoms. The first-order chi connectivity index (χ1) is 22.6. The molecule has 2 unspecified atom stereocenters. The van der Waals surface area contributed by atoms with Crippen LogP contribution in [0.5, 0.6) is 11.5 Å². The lowest BCUT2D eigenvalue weighted by molar-refractivity contribution is -0.135. The third-order valence-electron chi connectivity index (χ3n) is 8.19. The quantitative estimate of drug-likeness (QED) is 0.172. The number of fused-ring (bicyclic) bond motifs is 2. The van der Waals surface area contributed by atoms with E-state index in [0.717, 1.165) is 0 Å². The molecule has 0 N–H and O–H groups in total. The number of esters is 4. The topological polar surface area (TPSA) is 145 Å². The van der Waals surface area contributed by atoms with Crippen molar-refractivity contribution >= 4 is 35.7 Å². The first-order valence-electron chi connectivity index (χ1n) is 15.4. The normalized spacial score (nSPS) is 18.6. The van der Waals surface area contributed by atoms with Gasteiger partial charge in [-0.05, 0) is 74.6 Å². The average molecular weight is 645 g/mol. The summed E-state index contributed by atoms with van der Waals surface area (Å²) in [5, 5.41) is 0. The summed E-state index contributed by atoms with van der Waals surface area (Å²) in [7, 11) is 3.90. The van der Waals surface area contributed by atoms with Crippen LogP contribution < -0.4 is 9.47 Å². The number of hydrogen-bond donors (Lipinski definition) is 0. The number of Topliss-reactive ketones (excluding diaryl/α,β-unsaturated/α-hetero) is 1. The van der Waals surface area contributed by atoms with E-state index in [0.29, 0.717) is 66.7 Å². The number of ether oxygens (including phenoxy) is 5.